The van der Waals surface area contributed by atoms with E-state index in [4.69, 9.17) is 5.73 Å². The van der Waals surface area contributed by atoms with Crippen LogP contribution in [0, 0.1) is 0 Å². The minimum atomic E-state index is 0.512. The van der Waals surface area contributed by atoms with Crippen LogP contribution in [0.5, 0.6) is 0 Å². The number of nitrogen functional groups attached to an aromatic ring is 1. The third-order valence-corrected chi connectivity index (χ3v) is 2.73. The zero-order valence-electron chi connectivity index (χ0n) is 10.5. The van der Waals surface area contributed by atoms with E-state index >= 15 is 0 Å². The molecule has 0 bridgehead atoms. The molecule has 2 heterocycles. The van der Waals surface area contributed by atoms with E-state index in [-0.39, 0.29) is 0 Å². The number of nitrogens with zero attached hydrogens (tertiary/aromatic N) is 5. The van der Waals surface area contributed by atoms with Crippen molar-refractivity contribution in [2.75, 3.05) is 5.73 Å². The van der Waals surface area contributed by atoms with Gasteiger partial charge in [0.1, 0.15) is 5.69 Å². The summed E-state index contributed by atoms with van der Waals surface area (Å²) in [4.78, 5) is 0. The smallest absolute Gasteiger partial charge is 0.169 e. The number of hydrogen-bond acceptors (Lipinski definition) is 4. The predicted octanol–water partition coefficient (Wildman–Crippen LogP) is 1.10. The standard InChI is InChI=1S/C11H18N6/c1-4-6-9-11(12)13-15-17(9)10-7-16(3)14-8(10)5-2/h7H,4-6,12H2,1-3H3. The molecule has 0 saturated heterocycles. The van der Waals surface area contributed by atoms with Gasteiger partial charge in [0.15, 0.2) is 5.82 Å². The lowest BCUT2D eigenvalue weighted by Gasteiger charge is -2.04. The fraction of sp³-hybridized carbons (Fsp3) is 0.545. The van der Waals surface area contributed by atoms with Crippen molar-refractivity contribution in [2.45, 2.75) is 33.1 Å². The van der Waals surface area contributed by atoms with E-state index in [1.807, 2.05) is 17.9 Å². The summed E-state index contributed by atoms with van der Waals surface area (Å²) in [5, 5.41) is 12.5. The van der Waals surface area contributed by atoms with E-state index in [2.05, 4.69) is 29.3 Å². The molecular weight excluding hydrogens is 216 g/mol. The van der Waals surface area contributed by atoms with Gasteiger partial charge in [0.05, 0.1) is 17.6 Å². The van der Waals surface area contributed by atoms with Crippen LogP contribution >= 0.6 is 0 Å². The normalized spacial score (nSPS) is 11.0. The largest absolute Gasteiger partial charge is 0.381 e. The van der Waals surface area contributed by atoms with Crippen LogP contribution in [0.25, 0.3) is 5.69 Å². The number of hydrogen-bond donors (Lipinski definition) is 1. The van der Waals surface area contributed by atoms with Gasteiger partial charge in [-0.15, -0.1) is 5.10 Å². The van der Waals surface area contributed by atoms with E-state index in [9.17, 15) is 0 Å². The molecule has 17 heavy (non-hydrogen) atoms. The summed E-state index contributed by atoms with van der Waals surface area (Å²) in [6.07, 6.45) is 4.70. The monoisotopic (exact) mass is 234 g/mol. The number of nitrogens with two attached hydrogens (primary N) is 1. The Bertz CT molecular complexity index is 510. The van der Waals surface area contributed by atoms with Crippen molar-refractivity contribution >= 4 is 5.82 Å². The minimum Gasteiger partial charge on any atom is -0.381 e. The highest BCUT2D eigenvalue weighted by atomic mass is 15.5. The number of anilines is 1. The van der Waals surface area contributed by atoms with Gasteiger partial charge in [-0.25, -0.2) is 4.68 Å². The maximum Gasteiger partial charge on any atom is 0.169 e. The van der Waals surface area contributed by atoms with Crippen molar-refractivity contribution in [2.24, 2.45) is 7.05 Å². The van der Waals surface area contributed by atoms with Crippen LogP contribution in [-0.2, 0) is 19.9 Å². The lowest BCUT2D eigenvalue weighted by atomic mass is 10.2. The molecule has 2 aromatic heterocycles. The second-order valence-electron chi connectivity index (χ2n) is 4.07. The van der Waals surface area contributed by atoms with Crippen molar-refractivity contribution in [3.05, 3.63) is 17.6 Å². The van der Waals surface area contributed by atoms with Crippen molar-refractivity contribution in [1.82, 2.24) is 24.8 Å². The van der Waals surface area contributed by atoms with E-state index in [0.29, 0.717) is 5.82 Å². The molecule has 2 N–H and O–H groups in total. The van der Waals surface area contributed by atoms with Gasteiger partial charge >= 0.3 is 0 Å². The van der Waals surface area contributed by atoms with E-state index < -0.39 is 0 Å². The van der Waals surface area contributed by atoms with Crippen LogP contribution in [0.2, 0.25) is 0 Å². The summed E-state index contributed by atoms with van der Waals surface area (Å²) in [5.74, 6) is 0.512. The molecule has 0 aliphatic carbocycles. The Kier molecular flexibility index (Phi) is 3.12. The van der Waals surface area contributed by atoms with Crippen LogP contribution < -0.4 is 5.73 Å². The summed E-state index contributed by atoms with van der Waals surface area (Å²) in [6.45, 7) is 4.19. The third kappa shape index (κ3) is 2.02. The molecule has 6 heteroatoms. The molecule has 0 unspecified atom stereocenters. The minimum absolute atomic E-state index is 0.512. The maximum atomic E-state index is 5.84. The van der Waals surface area contributed by atoms with E-state index in [1.165, 1.54) is 0 Å². The lowest BCUT2D eigenvalue weighted by molar-refractivity contribution is 0.738. The molecule has 0 aliphatic heterocycles. The highest BCUT2D eigenvalue weighted by Crippen LogP contribution is 2.19. The number of aromatic nitrogens is 5. The summed E-state index contributed by atoms with van der Waals surface area (Å²) < 4.78 is 3.60. The zero-order chi connectivity index (χ0) is 12.4. The molecule has 0 fully saturated rings. The Morgan fingerprint density at radius 3 is 2.76 bits per heavy atom. The molecule has 0 aromatic carbocycles. The summed E-state index contributed by atoms with van der Waals surface area (Å²) in [5.41, 5.74) is 8.79. The maximum absolute atomic E-state index is 5.84. The molecule has 0 spiro atoms. The van der Waals surface area contributed by atoms with Crippen molar-refractivity contribution in [3.63, 3.8) is 0 Å². The molecule has 0 saturated carbocycles. The molecule has 0 amide bonds. The molecule has 92 valence electrons. The molecule has 2 rings (SSSR count). The predicted molar refractivity (Wildman–Crippen MR) is 65.9 cm³/mol. The SMILES string of the molecule is CCCc1c(N)nnn1-c1cn(C)nc1CC. The fourth-order valence-corrected chi connectivity index (χ4v) is 1.93. The second-order valence-corrected chi connectivity index (χ2v) is 4.07. The van der Waals surface area contributed by atoms with Crippen molar-refractivity contribution in [3.8, 4) is 5.69 Å². The molecule has 2 aromatic rings. The first-order chi connectivity index (χ1) is 8.17. The molecular formula is C11H18N6. The Balaban J connectivity index is 2.51. The average molecular weight is 234 g/mol. The highest BCUT2D eigenvalue weighted by Gasteiger charge is 2.15. The summed E-state index contributed by atoms with van der Waals surface area (Å²) >= 11 is 0. The van der Waals surface area contributed by atoms with Crippen LogP contribution in [0.15, 0.2) is 6.20 Å². The highest BCUT2D eigenvalue weighted by molar-refractivity contribution is 5.42. The van der Waals surface area contributed by atoms with Gasteiger partial charge in [-0.3, -0.25) is 4.68 Å². The van der Waals surface area contributed by atoms with Crippen LogP contribution in [0.3, 0.4) is 0 Å². The van der Waals surface area contributed by atoms with Gasteiger partial charge in [-0.05, 0) is 12.8 Å². The Hall–Kier alpha value is -1.85. The summed E-state index contributed by atoms with van der Waals surface area (Å²) in [7, 11) is 1.91. The first kappa shape index (κ1) is 11.6. The quantitative estimate of drug-likeness (QED) is 0.859. The van der Waals surface area contributed by atoms with Crippen LogP contribution in [-0.4, -0.2) is 24.8 Å². The Labute approximate surface area is 100 Å². The molecule has 0 aliphatic rings. The van der Waals surface area contributed by atoms with E-state index in [0.717, 1.165) is 36.3 Å². The third-order valence-electron chi connectivity index (χ3n) is 2.73. The van der Waals surface area contributed by atoms with Gasteiger partial charge in [0.25, 0.3) is 0 Å². The van der Waals surface area contributed by atoms with Crippen molar-refractivity contribution in [1.29, 1.82) is 0 Å². The molecule has 0 atom stereocenters. The molecule has 6 nitrogen and oxygen atoms in total. The van der Waals surface area contributed by atoms with E-state index in [1.54, 1.807) is 4.68 Å². The van der Waals surface area contributed by atoms with Gasteiger partial charge < -0.3 is 5.73 Å². The Morgan fingerprint density at radius 1 is 1.35 bits per heavy atom. The van der Waals surface area contributed by atoms with Crippen LogP contribution in [0.1, 0.15) is 31.7 Å². The lowest BCUT2D eigenvalue weighted by Crippen LogP contribution is -2.05. The van der Waals surface area contributed by atoms with Gasteiger partial charge in [0.2, 0.25) is 0 Å². The number of aryl methyl sites for hydroxylation is 2. The zero-order valence-corrected chi connectivity index (χ0v) is 10.5. The topological polar surface area (TPSA) is 74.5 Å². The first-order valence-electron chi connectivity index (χ1n) is 5.90. The van der Waals surface area contributed by atoms with Gasteiger partial charge in [0, 0.05) is 7.05 Å². The summed E-state index contributed by atoms with van der Waals surface area (Å²) in [6, 6.07) is 0. The number of rotatable bonds is 4. The fourth-order valence-electron chi connectivity index (χ4n) is 1.93. The van der Waals surface area contributed by atoms with Gasteiger partial charge in [-0.2, -0.15) is 5.10 Å². The second kappa shape index (κ2) is 4.57. The first-order valence-corrected chi connectivity index (χ1v) is 5.90. The van der Waals surface area contributed by atoms with Crippen molar-refractivity contribution < 1.29 is 0 Å². The average Bonchev–Trinajstić information content (AvgIpc) is 2.84. The Morgan fingerprint density at radius 2 is 2.12 bits per heavy atom. The van der Waals surface area contributed by atoms with Gasteiger partial charge in [-0.1, -0.05) is 25.5 Å². The molecule has 0 radical (unpaired) electrons. The van der Waals surface area contributed by atoms with Crippen LogP contribution in [0.4, 0.5) is 5.82 Å².